The molecular formula is C24H29NO5. The summed E-state index contributed by atoms with van der Waals surface area (Å²) in [7, 11) is 1.29. The van der Waals surface area contributed by atoms with Crippen molar-refractivity contribution < 1.29 is 23.9 Å². The van der Waals surface area contributed by atoms with Crippen molar-refractivity contribution in [1.29, 1.82) is 0 Å². The number of methoxy groups -OCH3 is 1. The third-order valence-corrected chi connectivity index (χ3v) is 5.96. The summed E-state index contributed by atoms with van der Waals surface area (Å²) in [5.41, 5.74) is 4.30. The lowest BCUT2D eigenvalue weighted by molar-refractivity contribution is -0.151. The molecule has 1 aliphatic heterocycles. The van der Waals surface area contributed by atoms with Crippen molar-refractivity contribution in [3.8, 4) is 0 Å². The minimum atomic E-state index is -0.880. The highest BCUT2D eigenvalue weighted by Gasteiger charge is 2.47. The van der Waals surface area contributed by atoms with Gasteiger partial charge in [0.25, 0.3) is 0 Å². The lowest BCUT2D eigenvalue weighted by atomic mass is 9.69. The average Bonchev–Trinajstić information content (AvgIpc) is 2.72. The topological polar surface area (TPSA) is 81.7 Å². The quantitative estimate of drug-likeness (QED) is 0.591. The Bertz CT molecular complexity index is 925. The molecule has 0 amide bonds. The van der Waals surface area contributed by atoms with Gasteiger partial charge in [0.15, 0.2) is 5.78 Å². The molecule has 0 fully saturated rings. The van der Waals surface area contributed by atoms with Gasteiger partial charge in [-0.2, -0.15) is 0 Å². The van der Waals surface area contributed by atoms with Gasteiger partial charge >= 0.3 is 11.9 Å². The Hall–Kier alpha value is -2.89. The first kappa shape index (κ1) is 21.8. The second kappa shape index (κ2) is 8.86. The van der Waals surface area contributed by atoms with Gasteiger partial charge in [0.05, 0.1) is 19.3 Å². The predicted molar refractivity (Wildman–Crippen MR) is 112 cm³/mol. The summed E-state index contributed by atoms with van der Waals surface area (Å²) < 4.78 is 10.2. The van der Waals surface area contributed by atoms with Crippen molar-refractivity contribution in [3.63, 3.8) is 0 Å². The average molecular weight is 411 g/mol. The van der Waals surface area contributed by atoms with Crippen molar-refractivity contribution in [3.05, 3.63) is 57.9 Å². The molecule has 0 saturated carbocycles. The highest BCUT2D eigenvalue weighted by molar-refractivity contribution is 6.12. The molecular weight excluding hydrogens is 382 g/mol. The predicted octanol–water partition coefficient (Wildman–Crippen LogP) is 3.43. The molecule has 30 heavy (non-hydrogen) atoms. The van der Waals surface area contributed by atoms with E-state index in [0.717, 1.165) is 23.2 Å². The number of esters is 2. The Morgan fingerprint density at radius 1 is 1.17 bits per heavy atom. The zero-order valence-electron chi connectivity index (χ0n) is 18.2. The molecule has 0 radical (unpaired) electrons. The number of nitrogens with one attached hydrogen (secondary N) is 1. The Morgan fingerprint density at radius 2 is 1.83 bits per heavy atom. The molecule has 1 aromatic rings. The Morgan fingerprint density at radius 3 is 2.40 bits per heavy atom. The minimum absolute atomic E-state index is 0.198. The van der Waals surface area contributed by atoms with Crippen molar-refractivity contribution in [2.24, 2.45) is 11.8 Å². The van der Waals surface area contributed by atoms with E-state index >= 15 is 0 Å². The van der Waals surface area contributed by atoms with E-state index < -0.39 is 23.8 Å². The molecule has 1 aromatic carbocycles. The second-order valence-electron chi connectivity index (χ2n) is 7.85. The summed E-state index contributed by atoms with van der Waals surface area (Å²) in [4.78, 5) is 38.8. The maximum atomic E-state index is 13.5. The van der Waals surface area contributed by atoms with Crippen LogP contribution in [0.15, 0.2) is 46.8 Å². The third kappa shape index (κ3) is 3.78. The lowest BCUT2D eigenvalue weighted by Crippen LogP contribution is -2.43. The molecule has 1 aliphatic carbocycles. The molecule has 0 aromatic heterocycles. The summed E-state index contributed by atoms with van der Waals surface area (Å²) in [6, 6.07) is 7.90. The van der Waals surface area contributed by atoms with Crippen LogP contribution in [0, 0.1) is 11.8 Å². The van der Waals surface area contributed by atoms with Gasteiger partial charge in [-0.3, -0.25) is 9.59 Å². The highest BCUT2D eigenvalue weighted by Crippen LogP contribution is 2.45. The van der Waals surface area contributed by atoms with Gasteiger partial charge in [0.1, 0.15) is 5.92 Å². The molecule has 0 saturated heterocycles. The first-order chi connectivity index (χ1) is 14.3. The van der Waals surface area contributed by atoms with Gasteiger partial charge in [-0.15, -0.1) is 0 Å². The van der Waals surface area contributed by atoms with Gasteiger partial charge < -0.3 is 14.8 Å². The third-order valence-electron chi connectivity index (χ3n) is 5.96. The Balaban J connectivity index is 2.17. The minimum Gasteiger partial charge on any atom is -0.468 e. The number of hydrogen-bond donors (Lipinski definition) is 1. The SMILES string of the molecule is CCOC(=O)C1=C(C)NC2=C(C(=O)C(C(=O)OC)C(C)C2)C1c1ccc(CC)cc1. The number of ketones is 1. The number of allylic oxidation sites excluding steroid dienone is 3. The molecule has 0 bridgehead atoms. The van der Waals surface area contributed by atoms with E-state index in [-0.39, 0.29) is 18.3 Å². The van der Waals surface area contributed by atoms with Crippen LogP contribution in [0.3, 0.4) is 0 Å². The molecule has 0 spiro atoms. The van der Waals surface area contributed by atoms with Crippen LogP contribution in [0.5, 0.6) is 0 Å². The number of benzene rings is 1. The monoisotopic (exact) mass is 411 g/mol. The van der Waals surface area contributed by atoms with Crippen LogP contribution in [-0.4, -0.2) is 31.4 Å². The summed E-state index contributed by atoms with van der Waals surface area (Å²) in [6.07, 6.45) is 1.42. The second-order valence-corrected chi connectivity index (χ2v) is 7.85. The maximum absolute atomic E-state index is 13.5. The van der Waals surface area contributed by atoms with Gasteiger partial charge in [0, 0.05) is 22.9 Å². The van der Waals surface area contributed by atoms with E-state index in [1.807, 2.05) is 38.1 Å². The van der Waals surface area contributed by atoms with Gasteiger partial charge in [-0.05, 0) is 43.7 Å². The first-order valence-electron chi connectivity index (χ1n) is 10.4. The normalized spacial score (nSPS) is 23.6. The van der Waals surface area contributed by atoms with Crippen LogP contribution < -0.4 is 5.32 Å². The molecule has 2 aliphatic rings. The number of rotatable bonds is 5. The zero-order chi connectivity index (χ0) is 22.0. The fourth-order valence-electron chi connectivity index (χ4n) is 4.44. The molecule has 3 unspecified atom stereocenters. The Kier molecular flexibility index (Phi) is 6.44. The first-order valence-corrected chi connectivity index (χ1v) is 10.4. The van der Waals surface area contributed by atoms with Crippen molar-refractivity contribution in [2.45, 2.75) is 46.5 Å². The van der Waals surface area contributed by atoms with Crippen LogP contribution in [-0.2, 0) is 30.3 Å². The zero-order valence-corrected chi connectivity index (χ0v) is 18.2. The van der Waals surface area contributed by atoms with Gasteiger partial charge in [0.2, 0.25) is 0 Å². The van der Waals surface area contributed by atoms with Crippen LogP contribution in [0.2, 0.25) is 0 Å². The molecule has 1 N–H and O–H groups in total. The van der Waals surface area contributed by atoms with E-state index in [1.165, 1.54) is 7.11 Å². The number of Topliss-reactive ketones (excluding diaryl/α,β-unsaturated/α-hetero) is 1. The molecule has 3 atom stereocenters. The van der Waals surface area contributed by atoms with Crippen molar-refractivity contribution >= 4 is 17.7 Å². The van der Waals surface area contributed by atoms with Gasteiger partial charge in [-0.25, -0.2) is 4.79 Å². The number of aryl methyl sites for hydroxylation is 1. The number of ether oxygens (including phenoxy) is 2. The fraction of sp³-hybridized carbons (Fsp3) is 0.458. The van der Waals surface area contributed by atoms with Crippen LogP contribution in [0.4, 0.5) is 0 Å². The lowest BCUT2D eigenvalue weighted by Gasteiger charge is -2.38. The molecule has 3 rings (SSSR count). The summed E-state index contributed by atoms with van der Waals surface area (Å²) in [5, 5.41) is 3.25. The largest absolute Gasteiger partial charge is 0.468 e. The van der Waals surface area contributed by atoms with Crippen LogP contribution in [0.25, 0.3) is 0 Å². The summed E-state index contributed by atoms with van der Waals surface area (Å²) in [5.74, 6) is -2.95. The van der Waals surface area contributed by atoms with Gasteiger partial charge in [-0.1, -0.05) is 38.1 Å². The Labute approximate surface area is 177 Å². The van der Waals surface area contributed by atoms with E-state index in [1.54, 1.807) is 6.92 Å². The highest BCUT2D eigenvalue weighted by atomic mass is 16.5. The van der Waals surface area contributed by atoms with Crippen molar-refractivity contribution in [2.75, 3.05) is 13.7 Å². The molecule has 6 heteroatoms. The number of dihydropyridines is 1. The van der Waals surface area contributed by atoms with E-state index in [0.29, 0.717) is 23.3 Å². The van der Waals surface area contributed by atoms with Crippen molar-refractivity contribution in [1.82, 2.24) is 5.32 Å². The number of hydrogen-bond acceptors (Lipinski definition) is 6. The molecule has 160 valence electrons. The molecule has 1 heterocycles. The number of carbonyl (C=O) groups is 3. The smallest absolute Gasteiger partial charge is 0.336 e. The number of carbonyl (C=O) groups excluding carboxylic acids is 3. The van der Waals surface area contributed by atoms with Crippen LogP contribution in [0.1, 0.15) is 51.2 Å². The summed E-state index contributed by atoms with van der Waals surface area (Å²) in [6.45, 7) is 7.75. The standard InChI is InChI=1S/C24H29NO5/c1-6-15-8-10-16(11-9-15)20-19(24(28)30-7-2)14(4)25-17-12-13(3)18(23(27)29-5)22(26)21(17)20/h8-11,13,18,20,25H,6-7,12H2,1-5H3. The maximum Gasteiger partial charge on any atom is 0.336 e. The van der Waals surface area contributed by atoms with Crippen LogP contribution >= 0.6 is 0 Å². The fourth-order valence-corrected chi connectivity index (χ4v) is 4.44. The van der Waals surface area contributed by atoms with E-state index in [4.69, 9.17) is 9.47 Å². The molecule has 6 nitrogen and oxygen atoms in total. The van der Waals surface area contributed by atoms with E-state index in [9.17, 15) is 14.4 Å². The summed E-state index contributed by atoms with van der Waals surface area (Å²) >= 11 is 0. The van der Waals surface area contributed by atoms with E-state index in [2.05, 4.69) is 12.2 Å².